The minimum atomic E-state index is -0.421. The minimum absolute atomic E-state index is 0. The first-order valence-electron chi connectivity index (χ1n) is 7.49. The molecule has 0 aromatic heterocycles. The maximum absolute atomic E-state index is 12.2. The van der Waals surface area contributed by atoms with Crippen molar-refractivity contribution in [1.29, 1.82) is 0 Å². The van der Waals surface area contributed by atoms with Gasteiger partial charge < -0.3 is 16.4 Å². The van der Waals surface area contributed by atoms with Gasteiger partial charge in [-0.3, -0.25) is 9.59 Å². The Balaban J connectivity index is 0.00000400. The summed E-state index contributed by atoms with van der Waals surface area (Å²) in [7, 11) is 0. The normalized spacial score (nSPS) is 25.7. The molecule has 1 aliphatic carbocycles. The van der Waals surface area contributed by atoms with Crippen LogP contribution in [0.15, 0.2) is 0 Å². The fourth-order valence-electron chi connectivity index (χ4n) is 2.69. The van der Waals surface area contributed by atoms with E-state index in [-0.39, 0.29) is 35.7 Å². The maximum atomic E-state index is 12.2. The zero-order valence-corrected chi connectivity index (χ0v) is 14.4. The van der Waals surface area contributed by atoms with Crippen LogP contribution in [-0.2, 0) is 9.59 Å². The van der Waals surface area contributed by atoms with E-state index in [4.69, 9.17) is 5.73 Å². The molecular formula is C15H30ClN3O2. The molecule has 2 unspecified atom stereocenters. The van der Waals surface area contributed by atoms with Gasteiger partial charge in [0.15, 0.2) is 0 Å². The largest absolute Gasteiger partial charge is 0.355 e. The summed E-state index contributed by atoms with van der Waals surface area (Å²) >= 11 is 0. The molecule has 21 heavy (non-hydrogen) atoms. The van der Waals surface area contributed by atoms with Gasteiger partial charge in [-0.05, 0) is 40.5 Å². The third-order valence-electron chi connectivity index (χ3n) is 3.74. The standard InChI is InChI=1S/C15H29N3O2.ClH/c1-14(2,3)18-12(19)8-10-17-13(20)11-7-5-6-9-15(11,4)16;/h11H,5-10,16H2,1-4H3,(H,17,20)(H,18,19);1H. The van der Waals surface area contributed by atoms with Gasteiger partial charge in [-0.1, -0.05) is 12.8 Å². The van der Waals surface area contributed by atoms with Gasteiger partial charge in [-0.15, -0.1) is 12.4 Å². The first kappa shape index (κ1) is 20.2. The summed E-state index contributed by atoms with van der Waals surface area (Å²) in [6, 6.07) is 0. The molecule has 1 saturated carbocycles. The molecule has 4 N–H and O–H groups in total. The molecule has 0 aliphatic heterocycles. The molecule has 0 bridgehead atoms. The van der Waals surface area contributed by atoms with Crippen molar-refractivity contribution in [1.82, 2.24) is 10.6 Å². The number of carbonyl (C=O) groups is 2. The summed E-state index contributed by atoms with van der Waals surface area (Å²) in [6.07, 6.45) is 4.17. The average molecular weight is 320 g/mol. The molecule has 1 aliphatic rings. The number of hydrogen-bond acceptors (Lipinski definition) is 3. The highest BCUT2D eigenvalue weighted by molar-refractivity contribution is 5.85. The summed E-state index contributed by atoms with van der Waals surface area (Å²) in [4.78, 5) is 23.8. The van der Waals surface area contributed by atoms with Gasteiger partial charge in [0.1, 0.15) is 0 Å². The first-order chi connectivity index (χ1) is 9.12. The number of rotatable bonds is 4. The molecule has 124 valence electrons. The highest BCUT2D eigenvalue weighted by Crippen LogP contribution is 2.31. The average Bonchev–Trinajstić information content (AvgIpc) is 2.25. The van der Waals surface area contributed by atoms with Crippen LogP contribution < -0.4 is 16.4 Å². The lowest BCUT2D eigenvalue weighted by atomic mass is 9.74. The lowest BCUT2D eigenvalue weighted by Crippen LogP contribution is -2.53. The van der Waals surface area contributed by atoms with E-state index in [1.54, 1.807) is 0 Å². The summed E-state index contributed by atoms with van der Waals surface area (Å²) in [6.45, 7) is 8.12. The molecule has 0 aromatic carbocycles. The topological polar surface area (TPSA) is 84.2 Å². The quantitative estimate of drug-likeness (QED) is 0.738. The molecule has 0 radical (unpaired) electrons. The van der Waals surface area contributed by atoms with Crippen LogP contribution in [0.2, 0.25) is 0 Å². The molecule has 1 rings (SSSR count). The number of nitrogens with one attached hydrogen (secondary N) is 2. The summed E-state index contributed by atoms with van der Waals surface area (Å²) in [5, 5.41) is 5.72. The van der Waals surface area contributed by atoms with Gasteiger partial charge in [-0.2, -0.15) is 0 Å². The van der Waals surface area contributed by atoms with E-state index >= 15 is 0 Å². The van der Waals surface area contributed by atoms with Gasteiger partial charge in [0, 0.05) is 24.0 Å². The Morgan fingerprint density at radius 3 is 2.43 bits per heavy atom. The van der Waals surface area contributed by atoms with Crippen molar-refractivity contribution in [2.75, 3.05) is 6.54 Å². The fraction of sp³-hybridized carbons (Fsp3) is 0.867. The lowest BCUT2D eigenvalue weighted by molar-refractivity contribution is -0.128. The Morgan fingerprint density at radius 2 is 1.90 bits per heavy atom. The van der Waals surface area contributed by atoms with Crippen molar-refractivity contribution in [2.24, 2.45) is 11.7 Å². The molecule has 6 heteroatoms. The molecule has 1 fully saturated rings. The molecule has 0 saturated heterocycles. The number of amides is 2. The van der Waals surface area contributed by atoms with E-state index < -0.39 is 5.54 Å². The zero-order valence-electron chi connectivity index (χ0n) is 13.6. The number of halogens is 1. The van der Waals surface area contributed by atoms with E-state index in [2.05, 4.69) is 10.6 Å². The van der Waals surface area contributed by atoms with Gasteiger partial charge in [0.2, 0.25) is 11.8 Å². The molecule has 5 nitrogen and oxygen atoms in total. The van der Waals surface area contributed by atoms with E-state index in [0.29, 0.717) is 13.0 Å². The van der Waals surface area contributed by atoms with E-state index in [1.165, 1.54) is 0 Å². The monoisotopic (exact) mass is 319 g/mol. The fourth-order valence-corrected chi connectivity index (χ4v) is 2.69. The van der Waals surface area contributed by atoms with Crippen LogP contribution in [0.4, 0.5) is 0 Å². The Morgan fingerprint density at radius 1 is 1.29 bits per heavy atom. The molecule has 2 amide bonds. The molecule has 2 atom stereocenters. The van der Waals surface area contributed by atoms with Crippen molar-refractivity contribution in [2.45, 2.75) is 70.9 Å². The van der Waals surface area contributed by atoms with Gasteiger partial charge >= 0.3 is 0 Å². The second kappa shape index (κ2) is 7.99. The number of hydrogen-bond donors (Lipinski definition) is 3. The Kier molecular flexibility index (Phi) is 7.68. The minimum Gasteiger partial charge on any atom is -0.355 e. The number of nitrogens with two attached hydrogens (primary N) is 1. The van der Waals surface area contributed by atoms with Crippen LogP contribution in [0.25, 0.3) is 0 Å². The SMILES string of the molecule is CC(C)(C)NC(=O)CCNC(=O)C1CCCCC1(C)N.Cl. The van der Waals surface area contributed by atoms with Crippen molar-refractivity contribution >= 4 is 24.2 Å². The molecule has 0 heterocycles. The number of carbonyl (C=O) groups excluding carboxylic acids is 2. The van der Waals surface area contributed by atoms with Crippen LogP contribution in [-0.4, -0.2) is 29.4 Å². The maximum Gasteiger partial charge on any atom is 0.224 e. The van der Waals surface area contributed by atoms with Crippen LogP contribution in [0, 0.1) is 5.92 Å². The van der Waals surface area contributed by atoms with E-state index in [0.717, 1.165) is 25.7 Å². The lowest BCUT2D eigenvalue weighted by Gasteiger charge is -2.37. The second-order valence-corrected chi connectivity index (χ2v) is 7.14. The Bertz CT molecular complexity index is 364. The highest BCUT2D eigenvalue weighted by Gasteiger charge is 2.37. The highest BCUT2D eigenvalue weighted by atomic mass is 35.5. The zero-order chi connectivity index (χ0) is 15.4. The second-order valence-electron chi connectivity index (χ2n) is 7.14. The summed E-state index contributed by atoms with van der Waals surface area (Å²) in [5.74, 6) is -0.197. The third-order valence-corrected chi connectivity index (χ3v) is 3.74. The van der Waals surface area contributed by atoms with Crippen molar-refractivity contribution in [3.05, 3.63) is 0 Å². The predicted octanol–water partition coefficient (Wildman–Crippen LogP) is 1.74. The first-order valence-corrected chi connectivity index (χ1v) is 7.49. The smallest absolute Gasteiger partial charge is 0.224 e. The summed E-state index contributed by atoms with van der Waals surface area (Å²) < 4.78 is 0. The Labute approximate surface area is 134 Å². The van der Waals surface area contributed by atoms with Gasteiger partial charge in [0.25, 0.3) is 0 Å². The summed E-state index contributed by atoms with van der Waals surface area (Å²) in [5.41, 5.74) is 5.54. The van der Waals surface area contributed by atoms with E-state index in [9.17, 15) is 9.59 Å². The van der Waals surface area contributed by atoms with Crippen LogP contribution in [0.1, 0.15) is 59.8 Å². The molecule has 0 aromatic rings. The van der Waals surface area contributed by atoms with E-state index in [1.807, 2.05) is 27.7 Å². The van der Waals surface area contributed by atoms with Gasteiger partial charge in [-0.25, -0.2) is 0 Å². The van der Waals surface area contributed by atoms with Crippen LogP contribution >= 0.6 is 12.4 Å². The van der Waals surface area contributed by atoms with Crippen molar-refractivity contribution in [3.8, 4) is 0 Å². The van der Waals surface area contributed by atoms with Crippen LogP contribution in [0.3, 0.4) is 0 Å². The van der Waals surface area contributed by atoms with Gasteiger partial charge in [0.05, 0.1) is 5.92 Å². The predicted molar refractivity (Wildman–Crippen MR) is 87.3 cm³/mol. The molecular weight excluding hydrogens is 290 g/mol. The van der Waals surface area contributed by atoms with Crippen molar-refractivity contribution < 1.29 is 9.59 Å². The molecule has 0 spiro atoms. The third kappa shape index (κ3) is 7.14. The van der Waals surface area contributed by atoms with Crippen molar-refractivity contribution in [3.63, 3.8) is 0 Å². The Hall–Kier alpha value is -0.810. The van der Waals surface area contributed by atoms with Crippen LogP contribution in [0.5, 0.6) is 0 Å².